The molecular formula is C15H29NO3. The predicted molar refractivity (Wildman–Crippen MR) is 75.9 cm³/mol. The Bertz CT molecular complexity index is 283. The third kappa shape index (κ3) is 5.11. The maximum absolute atomic E-state index is 11.6. The summed E-state index contributed by atoms with van der Waals surface area (Å²) < 4.78 is 10.8. The summed E-state index contributed by atoms with van der Waals surface area (Å²) in [6, 6.07) is 0. The Balaban J connectivity index is 2.26. The van der Waals surface area contributed by atoms with Crippen LogP contribution in [0.4, 0.5) is 0 Å². The van der Waals surface area contributed by atoms with E-state index >= 15 is 0 Å². The summed E-state index contributed by atoms with van der Waals surface area (Å²) in [6.45, 7) is 4.33. The Morgan fingerprint density at radius 1 is 1.42 bits per heavy atom. The molecule has 4 nitrogen and oxygen atoms in total. The van der Waals surface area contributed by atoms with E-state index < -0.39 is 5.54 Å². The first-order chi connectivity index (χ1) is 9.01. The van der Waals surface area contributed by atoms with Gasteiger partial charge in [-0.1, -0.05) is 32.6 Å². The molecule has 1 rings (SSSR count). The first-order valence-corrected chi connectivity index (χ1v) is 7.54. The highest BCUT2D eigenvalue weighted by atomic mass is 16.5. The van der Waals surface area contributed by atoms with Crippen molar-refractivity contribution in [2.75, 3.05) is 7.11 Å². The highest BCUT2D eigenvalue weighted by Gasteiger charge is 2.43. The van der Waals surface area contributed by atoms with Gasteiger partial charge in [0.25, 0.3) is 0 Å². The lowest BCUT2D eigenvalue weighted by Crippen LogP contribution is -2.46. The van der Waals surface area contributed by atoms with Gasteiger partial charge in [0.1, 0.15) is 5.54 Å². The molecule has 0 saturated heterocycles. The van der Waals surface area contributed by atoms with E-state index in [2.05, 4.69) is 13.8 Å². The van der Waals surface area contributed by atoms with Crippen LogP contribution >= 0.6 is 0 Å². The summed E-state index contributed by atoms with van der Waals surface area (Å²) in [5, 5.41) is 0. The van der Waals surface area contributed by atoms with Crippen molar-refractivity contribution < 1.29 is 14.3 Å². The van der Waals surface area contributed by atoms with E-state index in [0.717, 1.165) is 12.8 Å². The zero-order valence-electron chi connectivity index (χ0n) is 12.6. The number of unbranched alkanes of at least 4 members (excludes halogenated alkanes) is 3. The molecule has 0 aromatic rings. The van der Waals surface area contributed by atoms with Crippen LogP contribution in [0.1, 0.15) is 65.2 Å². The van der Waals surface area contributed by atoms with Crippen LogP contribution in [0.15, 0.2) is 0 Å². The largest absolute Gasteiger partial charge is 0.468 e. The second-order valence-electron chi connectivity index (χ2n) is 5.81. The van der Waals surface area contributed by atoms with Gasteiger partial charge in [-0.25, -0.2) is 0 Å². The number of hydrogen-bond donors (Lipinski definition) is 1. The second-order valence-corrected chi connectivity index (χ2v) is 5.81. The van der Waals surface area contributed by atoms with Gasteiger partial charge in [-0.2, -0.15) is 0 Å². The summed E-state index contributed by atoms with van der Waals surface area (Å²) >= 11 is 0. The molecule has 0 aromatic heterocycles. The predicted octanol–water partition coefficient (Wildman–Crippen LogP) is 2.78. The van der Waals surface area contributed by atoms with Crippen LogP contribution in [0.25, 0.3) is 0 Å². The van der Waals surface area contributed by atoms with Crippen molar-refractivity contribution in [1.29, 1.82) is 0 Å². The maximum atomic E-state index is 11.6. The molecular weight excluding hydrogens is 242 g/mol. The Hall–Kier alpha value is -0.610. The van der Waals surface area contributed by atoms with Gasteiger partial charge >= 0.3 is 5.97 Å². The lowest BCUT2D eigenvalue weighted by atomic mass is 9.99. The van der Waals surface area contributed by atoms with E-state index in [4.69, 9.17) is 15.2 Å². The minimum atomic E-state index is -0.832. The summed E-state index contributed by atoms with van der Waals surface area (Å²) in [4.78, 5) is 11.6. The fraction of sp³-hybridized carbons (Fsp3) is 0.933. The Labute approximate surface area is 117 Å². The Kier molecular flexibility index (Phi) is 6.80. The van der Waals surface area contributed by atoms with E-state index in [1.807, 2.05) is 0 Å². The van der Waals surface area contributed by atoms with Crippen molar-refractivity contribution in [2.45, 2.75) is 83.0 Å². The summed E-state index contributed by atoms with van der Waals surface area (Å²) in [7, 11) is 1.39. The van der Waals surface area contributed by atoms with Crippen LogP contribution in [-0.2, 0) is 14.3 Å². The third-order valence-corrected chi connectivity index (χ3v) is 3.99. The highest BCUT2D eigenvalue weighted by Crippen LogP contribution is 2.32. The third-order valence-electron chi connectivity index (χ3n) is 3.99. The minimum Gasteiger partial charge on any atom is -0.468 e. The van der Waals surface area contributed by atoms with E-state index in [1.165, 1.54) is 32.8 Å². The van der Waals surface area contributed by atoms with Gasteiger partial charge in [-0.05, 0) is 26.2 Å². The van der Waals surface area contributed by atoms with Crippen molar-refractivity contribution in [3.63, 3.8) is 0 Å². The molecule has 0 aromatic carbocycles. The van der Waals surface area contributed by atoms with E-state index in [0.29, 0.717) is 12.8 Å². The van der Waals surface area contributed by atoms with Crippen molar-refractivity contribution in [1.82, 2.24) is 0 Å². The smallest absolute Gasteiger partial charge is 0.325 e. The molecule has 3 unspecified atom stereocenters. The van der Waals surface area contributed by atoms with E-state index in [1.54, 1.807) is 0 Å². The molecule has 0 spiro atoms. The average molecular weight is 271 g/mol. The molecule has 19 heavy (non-hydrogen) atoms. The quantitative estimate of drug-likeness (QED) is 0.544. The first-order valence-electron chi connectivity index (χ1n) is 7.54. The van der Waals surface area contributed by atoms with Gasteiger partial charge in [0.05, 0.1) is 19.3 Å². The number of carbonyl (C=O) groups excluding carboxylic acids is 1. The van der Waals surface area contributed by atoms with Crippen LogP contribution in [0.3, 0.4) is 0 Å². The monoisotopic (exact) mass is 271 g/mol. The Morgan fingerprint density at radius 2 is 2.16 bits per heavy atom. The lowest BCUT2D eigenvalue weighted by molar-refractivity contribution is -0.147. The van der Waals surface area contributed by atoms with Gasteiger partial charge in [-0.3, -0.25) is 4.79 Å². The fourth-order valence-electron chi connectivity index (χ4n) is 2.79. The SMILES string of the molecule is CCCCCCC(C)OC1CCC(N)(C(=O)OC)C1. The van der Waals surface area contributed by atoms with Crippen molar-refractivity contribution >= 4 is 5.97 Å². The topological polar surface area (TPSA) is 61.5 Å². The van der Waals surface area contributed by atoms with Crippen LogP contribution in [0.2, 0.25) is 0 Å². The zero-order chi connectivity index (χ0) is 14.3. The van der Waals surface area contributed by atoms with E-state index in [-0.39, 0.29) is 18.2 Å². The number of ether oxygens (including phenoxy) is 2. The average Bonchev–Trinajstić information content (AvgIpc) is 2.76. The number of hydrogen-bond acceptors (Lipinski definition) is 4. The molecule has 112 valence electrons. The molecule has 1 aliphatic carbocycles. The van der Waals surface area contributed by atoms with Crippen molar-refractivity contribution in [3.05, 3.63) is 0 Å². The van der Waals surface area contributed by atoms with Crippen LogP contribution in [0.5, 0.6) is 0 Å². The lowest BCUT2D eigenvalue weighted by Gasteiger charge is -2.22. The fourth-order valence-corrected chi connectivity index (χ4v) is 2.79. The number of carbonyl (C=O) groups is 1. The normalized spacial score (nSPS) is 28.3. The number of nitrogens with two attached hydrogens (primary N) is 1. The molecule has 0 heterocycles. The summed E-state index contributed by atoms with van der Waals surface area (Å²) in [5.74, 6) is -0.311. The zero-order valence-corrected chi connectivity index (χ0v) is 12.6. The first kappa shape index (κ1) is 16.4. The highest BCUT2D eigenvalue weighted by molar-refractivity contribution is 5.80. The molecule has 0 radical (unpaired) electrons. The van der Waals surface area contributed by atoms with Gasteiger partial charge in [-0.15, -0.1) is 0 Å². The van der Waals surface area contributed by atoms with Crippen molar-refractivity contribution in [2.24, 2.45) is 5.73 Å². The number of rotatable bonds is 8. The molecule has 4 heteroatoms. The van der Waals surface area contributed by atoms with Crippen molar-refractivity contribution in [3.8, 4) is 0 Å². The van der Waals surface area contributed by atoms with Crippen LogP contribution < -0.4 is 5.73 Å². The van der Waals surface area contributed by atoms with Crippen LogP contribution in [-0.4, -0.2) is 30.8 Å². The molecule has 0 amide bonds. The standard InChI is InChI=1S/C15H29NO3/c1-4-5-6-7-8-12(2)19-13-9-10-15(16,11-13)14(17)18-3/h12-13H,4-11,16H2,1-3H3. The van der Waals surface area contributed by atoms with Gasteiger partial charge in [0, 0.05) is 6.42 Å². The van der Waals surface area contributed by atoms with Crippen LogP contribution in [0, 0.1) is 0 Å². The molecule has 2 N–H and O–H groups in total. The van der Waals surface area contributed by atoms with Gasteiger partial charge in [0.15, 0.2) is 0 Å². The second kappa shape index (κ2) is 7.85. The van der Waals surface area contributed by atoms with E-state index in [9.17, 15) is 4.79 Å². The van der Waals surface area contributed by atoms with Gasteiger partial charge in [0.2, 0.25) is 0 Å². The molecule has 1 fully saturated rings. The summed E-state index contributed by atoms with van der Waals surface area (Å²) in [6.07, 6.45) is 8.58. The molecule has 1 saturated carbocycles. The molecule has 1 aliphatic rings. The van der Waals surface area contributed by atoms with Gasteiger partial charge < -0.3 is 15.2 Å². The molecule has 0 aliphatic heterocycles. The summed E-state index contributed by atoms with van der Waals surface area (Å²) in [5.41, 5.74) is 5.23. The number of methoxy groups -OCH3 is 1. The maximum Gasteiger partial charge on any atom is 0.325 e. The minimum absolute atomic E-state index is 0.102. The molecule has 3 atom stereocenters. The number of esters is 1. The Morgan fingerprint density at radius 3 is 2.79 bits per heavy atom. The molecule has 0 bridgehead atoms.